The highest BCUT2D eigenvalue weighted by molar-refractivity contribution is 7.80. The lowest BCUT2D eigenvalue weighted by atomic mass is 10.1. The van der Waals surface area contributed by atoms with Crippen LogP contribution in [0.25, 0.3) is 22.5 Å². The van der Waals surface area contributed by atoms with Gasteiger partial charge in [0.05, 0.1) is 24.7 Å². The fraction of sp³-hybridized carbons (Fsp3) is 0.167. The van der Waals surface area contributed by atoms with E-state index in [-0.39, 0.29) is 11.7 Å². The maximum absolute atomic E-state index is 11.5. The number of carbonyl (C=O) groups excluding carboxylic acids is 1. The molecule has 0 saturated heterocycles. The number of ether oxygens (including phenoxy) is 1. The van der Waals surface area contributed by atoms with E-state index in [0.717, 1.165) is 11.1 Å². The first-order valence-corrected chi connectivity index (χ1v) is 9.11. The lowest BCUT2D eigenvalue weighted by molar-refractivity contribution is 0.158. The number of hydrogen-bond donors (Lipinski definition) is 2. The standard InChI is InChI=1S/C18H17ClN6O2S/c1-3-27-18(26)24-17(28)23-16-15(12-8-21-25(2)10-12)22-14(9-20-16)11-4-6-13(19)7-5-11/h4-10H,3H2,1-2H3,(H2,20,23,24,26,28). The summed E-state index contributed by atoms with van der Waals surface area (Å²) in [6, 6.07) is 7.29. The van der Waals surface area contributed by atoms with Gasteiger partial charge < -0.3 is 10.1 Å². The minimum atomic E-state index is -0.645. The van der Waals surface area contributed by atoms with E-state index in [1.807, 2.05) is 18.3 Å². The van der Waals surface area contributed by atoms with Crippen molar-refractivity contribution in [1.82, 2.24) is 25.1 Å². The minimum absolute atomic E-state index is 0.0529. The van der Waals surface area contributed by atoms with Crippen molar-refractivity contribution in [3.63, 3.8) is 0 Å². The average molecular weight is 417 g/mol. The number of aryl methyl sites for hydroxylation is 1. The van der Waals surface area contributed by atoms with Gasteiger partial charge in [0.1, 0.15) is 5.69 Å². The zero-order valence-electron chi connectivity index (χ0n) is 15.1. The van der Waals surface area contributed by atoms with Crippen molar-refractivity contribution in [2.24, 2.45) is 7.05 Å². The summed E-state index contributed by atoms with van der Waals surface area (Å²) < 4.78 is 6.48. The third-order valence-corrected chi connectivity index (χ3v) is 4.07. The van der Waals surface area contributed by atoms with Crippen LogP contribution in [-0.4, -0.2) is 37.6 Å². The van der Waals surface area contributed by atoms with Crippen LogP contribution >= 0.6 is 23.8 Å². The van der Waals surface area contributed by atoms with Crippen LogP contribution in [0.3, 0.4) is 0 Å². The van der Waals surface area contributed by atoms with Crippen LogP contribution < -0.4 is 10.6 Å². The minimum Gasteiger partial charge on any atom is -0.450 e. The van der Waals surface area contributed by atoms with Gasteiger partial charge in [0, 0.05) is 29.4 Å². The summed E-state index contributed by atoms with van der Waals surface area (Å²) in [5.41, 5.74) is 2.80. The van der Waals surface area contributed by atoms with Crippen molar-refractivity contribution in [2.75, 3.05) is 11.9 Å². The van der Waals surface area contributed by atoms with E-state index in [1.54, 1.807) is 43.2 Å². The van der Waals surface area contributed by atoms with Crippen LogP contribution in [0.15, 0.2) is 42.9 Å². The number of anilines is 1. The quantitative estimate of drug-likeness (QED) is 0.627. The molecule has 0 saturated carbocycles. The molecule has 1 amide bonds. The Hall–Kier alpha value is -3.04. The molecule has 2 heterocycles. The molecule has 0 aliphatic rings. The molecule has 0 aliphatic carbocycles. The summed E-state index contributed by atoms with van der Waals surface area (Å²) in [5.74, 6) is 0.382. The number of thiocarbonyl (C=S) groups is 1. The van der Waals surface area contributed by atoms with Crippen LogP contribution in [0.4, 0.5) is 10.6 Å². The molecule has 2 N–H and O–H groups in total. The normalized spacial score (nSPS) is 10.4. The summed E-state index contributed by atoms with van der Waals surface area (Å²) in [6.07, 6.45) is 4.44. The van der Waals surface area contributed by atoms with E-state index in [2.05, 4.69) is 20.7 Å². The molecule has 2 aromatic heterocycles. The van der Waals surface area contributed by atoms with Gasteiger partial charge >= 0.3 is 6.09 Å². The molecule has 0 spiro atoms. The maximum Gasteiger partial charge on any atom is 0.413 e. The second-order valence-corrected chi connectivity index (χ2v) is 6.51. The molecule has 0 aliphatic heterocycles. The number of halogens is 1. The SMILES string of the molecule is CCOC(=O)NC(=S)Nc1ncc(-c2ccc(Cl)cc2)nc1-c1cnn(C)c1. The van der Waals surface area contributed by atoms with Crippen molar-refractivity contribution in [1.29, 1.82) is 0 Å². The second-order valence-electron chi connectivity index (χ2n) is 5.66. The van der Waals surface area contributed by atoms with Crippen molar-refractivity contribution in [2.45, 2.75) is 6.92 Å². The van der Waals surface area contributed by atoms with Gasteiger partial charge in [-0.05, 0) is 31.3 Å². The van der Waals surface area contributed by atoms with Gasteiger partial charge in [0.15, 0.2) is 10.9 Å². The van der Waals surface area contributed by atoms with Gasteiger partial charge in [-0.15, -0.1) is 0 Å². The molecule has 144 valence electrons. The van der Waals surface area contributed by atoms with Gasteiger partial charge in [0.25, 0.3) is 0 Å². The predicted octanol–water partition coefficient (Wildman–Crippen LogP) is 3.64. The van der Waals surface area contributed by atoms with Crippen LogP contribution in [0, 0.1) is 0 Å². The zero-order valence-corrected chi connectivity index (χ0v) is 16.7. The van der Waals surface area contributed by atoms with Gasteiger partial charge in [0.2, 0.25) is 0 Å². The second kappa shape index (κ2) is 8.77. The molecule has 28 heavy (non-hydrogen) atoms. The Morgan fingerprint density at radius 2 is 2.00 bits per heavy atom. The number of hydrogen-bond acceptors (Lipinski definition) is 6. The molecule has 0 radical (unpaired) electrons. The summed E-state index contributed by atoms with van der Waals surface area (Å²) in [5, 5.41) is 10.2. The maximum atomic E-state index is 11.5. The number of amides is 1. The first-order chi connectivity index (χ1) is 13.5. The highest BCUT2D eigenvalue weighted by Gasteiger charge is 2.15. The zero-order chi connectivity index (χ0) is 20.1. The molecular formula is C18H17ClN6O2S. The largest absolute Gasteiger partial charge is 0.450 e. The first-order valence-electron chi connectivity index (χ1n) is 8.33. The van der Waals surface area contributed by atoms with E-state index in [0.29, 0.717) is 22.2 Å². The number of carbonyl (C=O) groups is 1. The summed E-state index contributed by atoms with van der Waals surface area (Å²) >= 11 is 11.1. The third kappa shape index (κ3) is 4.81. The lowest BCUT2D eigenvalue weighted by Gasteiger charge is -2.12. The number of aromatic nitrogens is 4. The summed E-state index contributed by atoms with van der Waals surface area (Å²) in [6.45, 7) is 1.95. The monoisotopic (exact) mass is 416 g/mol. The molecule has 0 bridgehead atoms. The Morgan fingerprint density at radius 3 is 2.64 bits per heavy atom. The molecule has 0 atom stereocenters. The van der Waals surface area contributed by atoms with Crippen molar-refractivity contribution < 1.29 is 9.53 Å². The van der Waals surface area contributed by atoms with E-state index in [1.165, 1.54) is 0 Å². The Kier molecular flexibility index (Phi) is 6.17. The van der Waals surface area contributed by atoms with Crippen LogP contribution in [0.2, 0.25) is 5.02 Å². The van der Waals surface area contributed by atoms with Gasteiger partial charge in [-0.2, -0.15) is 5.10 Å². The number of nitrogens with one attached hydrogen (secondary N) is 2. The number of nitrogens with zero attached hydrogens (tertiary/aromatic N) is 4. The fourth-order valence-electron chi connectivity index (χ4n) is 2.38. The molecule has 1 aromatic carbocycles. The Bertz CT molecular complexity index is 1010. The molecule has 3 aromatic rings. The molecule has 0 unspecified atom stereocenters. The van der Waals surface area contributed by atoms with E-state index in [4.69, 9.17) is 33.5 Å². The van der Waals surface area contributed by atoms with E-state index in [9.17, 15) is 4.79 Å². The van der Waals surface area contributed by atoms with Gasteiger partial charge in [-0.25, -0.2) is 14.8 Å². The fourth-order valence-corrected chi connectivity index (χ4v) is 2.69. The Balaban J connectivity index is 1.94. The molecular weight excluding hydrogens is 400 g/mol. The molecule has 8 nitrogen and oxygen atoms in total. The molecule has 3 rings (SSSR count). The van der Waals surface area contributed by atoms with Crippen molar-refractivity contribution >= 4 is 40.8 Å². The predicted molar refractivity (Wildman–Crippen MR) is 111 cm³/mol. The number of benzene rings is 1. The van der Waals surface area contributed by atoms with E-state index < -0.39 is 6.09 Å². The Morgan fingerprint density at radius 1 is 1.25 bits per heavy atom. The molecule has 0 fully saturated rings. The van der Waals surface area contributed by atoms with E-state index >= 15 is 0 Å². The highest BCUT2D eigenvalue weighted by Crippen LogP contribution is 2.28. The topological polar surface area (TPSA) is 94.0 Å². The Labute approximate surface area is 171 Å². The third-order valence-electron chi connectivity index (χ3n) is 3.61. The van der Waals surface area contributed by atoms with Gasteiger partial charge in [-0.3, -0.25) is 10.00 Å². The first kappa shape index (κ1) is 19.7. The number of rotatable bonds is 4. The van der Waals surface area contributed by atoms with Crippen LogP contribution in [-0.2, 0) is 11.8 Å². The van der Waals surface area contributed by atoms with Crippen LogP contribution in [0.1, 0.15) is 6.92 Å². The smallest absolute Gasteiger partial charge is 0.413 e. The number of alkyl carbamates (subject to hydrolysis) is 1. The van der Waals surface area contributed by atoms with Crippen molar-refractivity contribution in [3.8, 4) is 22.5 Å². The van der Waals surface area contributed by atoms with Crippen LogP contribution in [0.5, 0.6) is 0 Å². The van der Waals surface area contributed by atoms with Gasteiger partial charge in [-0.1, -0.05) is 23.7 Å². The van der Waals surface area contributed by atoms with Crippen molar-refractivity contribution in [3.05, 3.63) is 47.9 Å². The summed E-state index contributed by atoms with van der Waals surface area (Å²) in [7, 11) is 1.81. The molecule has 10 heteroatoms. The highest BCUT2D eigenvalue weighted by atomic mass is 35.5. The average Bonchev–Trinajstić information content (AvgIpc) is 3.09. The summed E-state index contributed by atoms with van der Waals surface area (Å²) in [4.78, 5) is 20.7. The lowest BCUT2D eigenvalue weighted by Crippen LogP contribution is -2.35.